The molecule has 0 aromatic carbocycles. The molecular formula is C11H22BrNO. The summed E-state index contributed by atoms with van der Waals surface area (Å²) in [6.07, 6.45) is 2.65. The van der Waals surface area contributed by atoms with Crippen LogP contribution in [0.3, 0.4) is 0 Å². The molecule has 0 rings (SSSR count). The van der Waals surface area contributed by atoms with Gasteiger partial charge in [-0.15, -0.1) is 0 Å². The first kappa shape index (κ1) is 13.9. The van der Waals surface area contributed by atoms with Gasteiger partial charge >= 0.3 is 0 Å². The topological polar surface area (TPSA) is 29.1 Å². The van der Waals surface area contributed by atoms with Gasteiger partial charge in [-0.2, -0.15) is 0 Å². The standard InChI is InChI=1S/C11H22BrNO/c1-5-9(3)7-10(14)13-11(4,6-2)8-12/h9H,5-8H2,1-4H3,(H,13,14). The molecule has 0 saturated carbocycles. The van der Waals surface area contributed by atoms with Gasteiger partial charge in [0.05, 0.1) is 0 Å². The molecule has 2 nitrogen and oxygen atoms in total. The predicted octanol–water partition coefficient (Wildman–Crippen LogP) is 3.10. The third kappa shape index (κ3) is 4.99. The molecule has 0 bridgehead atoms. The van der Waals surface area contributed by atoms with Gasteiger partial charge < -0.3 is 5.32 Å². The Hall–Kier alpha value is -0.0500. The van der Waals surface area contributed by atoms with E-state index in [2.05, 4.69) is 48.9 Å². The van der Waals surface area contributed by atoms with Crippen LogP contribution in [-0.2, 0) is 4.79 Å². The van der Waals surface area contributed by atoms with Gasteiger partial charge in [-0.1, -0.05) is 43.1 Å². The normalized spacial score (nSPS) is 17.2. The molecule has 0 aliphatic rings. The summed E-state index contributed by atoms with van der Waals surface area (Å²) in [7, 11) is 0. The predicted molar refractivity (Wildman–Crippen MR) is 64.7 cm³/mol. The summed E-state index contributed by atoms with van der Waals surface area (Å²) in [6, 6.07) is 0. The van der Waals surface area contributed by atoms with E-state index in [0.717, 1.165) is 18.2 Å². The molecule has 0 heterocycles. The lowest BCUT2D eigenvalue weighted by Crippen LogP contribution is -2.47. The summed E-state index contributed by atoms with van der Waals surface area (Å²) in [5.41, 5.74) is -0.0927. The molecule has 0 saturated heterocycles. The first-order chi connectivity index (χ1) is 6.47. The fraction of sp³-hybridized carbons (Fsp3) is 0.909. The highest BCUT2D eigenvalue weighted by Crippen LogP contribution is 2.14. The molecule has 0 spiro atoms. The molecule has 14 heavy (non-hydrogen) atoms. The van der Waals surface area contributed by atoms with Crippen molar-refractivity contribution in [2.75, 3.05) is 5.33 Å². The third-order valence-corrected chi connectivity index (χ3v) is 3.98. The fourth-order valence-electron chi connectivity index (χ4n) is 1.06. The van der Waals surface area contributed by atoms with E-state index in [1.54, 1.807) is 0 Å². The van der Waals surface area contributed by atoms with Crippen molar-refractivity contribution >= 4 is 21.8 Å². The van der Waals surface area contributed by atoms with Crippen LogP contribution >= 0.6 is 15.9 Å². The SMILES string of the molecule is CCC(C)CC(=O)NC(C)(CC)CBr. The summed E-state index contributed by atoms with van der Waals surface area (Å²) in [6.45, 7) is 8.37. The van der Waals surface area contributed by atoms with Crippen molar-refractivity contribution in [1.29, 1.82) is 0 Å². The minimum atomic E-state index is -0.0927. The van der Waals surface area contributed by atoms with Crippen molar-refractivity contribution in [3.8, 4) is 0 Å². The zero-order valence-corrected chi connectivity index (χ0v) is 11.3. The maximum absolute atomic E-state index is 11.6. The van der Waals surface area contributed by atoms with Gasteiger partial charge in [0.2, 0.25) is 5.91 Å². The van der Waals surface area contributed by atoms with Crippen LogP contribution in [0.25, 0.3) is 0 Å². The number of nitrogens with one attached hydrogen (secondary N) is 1. The third-order valence-electron chi connectivity index (χ3n) is 2.75. The van der Waals surface area contributed by atoms with Crippen LogP contribution in [0.1, 0.15) is 47.0 Å². The fourth-order valence-corrected chi connectivity index (χ4v) is 1.60. The summed E-state index contributed by atoms with van der Waals surface area (Å²) in [5, 5.41) is 3.88. The summed E-state index contributed by atoms with van der Waals surface area (Å²) < 4.78 is 0. The van der Waals surface area contributed by atoms with Gasteiger partial charge in [0.25, 0.3) is 0 Å². The maximum atomic E-state index is 11.6. The average molecular weight is 264 g/mol. The molecule has 84 valence electrons. The molecule has 0 aliphatic heterocycles. The highest BCUT2D eigenvalue weighted by Gasteiger charge is 2.22. The number of carbonyl (C=O) groups excluding carboxylic acids is 1. The van der Waals surface area contributed by atoms with Gasteiger partial charge in [-0.25, -0.2) is 0 Å². The molecule has 0 aliphatic carbocycles. The average Bonchev–Trinajstić information content (AvgIpc) is 2.17. The lowest BCUT2D eigenvalue weighted by atomic mass is 9.99. The van der Waals surface area contributed by atoms with E-state index in [1.807, 2.05) is 0 Å². The first-order valence-electron chi connectivity index (χ1n) is 5.34. The lowest BCUT2D eigenvalue weighted by molar-refractivity contribution is -0.123. The van der Waals surface area contributed by atoms with E-state index >= 15 is 0 Å². The number of alkyl halides is 1. The second-order valence-corrected chi connectivity index (χ2v) is 4.87. The van der Waals surface area contributed by atoms with Gasteiger partial charge in [0.15, 0.2) is 0 Å². The van der Waals surface area contributed by atoms with Gasteiger partial charge in [0.1, 0.15) is 0 Å². The van der Waals surface area contributed by atoms with E-state index < -0.39 is 0 Å². The molecule has 3 heteroatoms. The summed E-state index contributed by atoms with van der Waals surface area (Å²) in [5.74, 6) is 0.648. The largest absolute Gasteiger partial charge is 0.350 e. The molecular weight excluding hydrogens is 242 g/mol. The van der Waals surface area contributed by atoms with Crippen molar-refractivity contribution in [1.82, 2.24) is 5.32 Å². The second kappa shape index (κ2) is 6.44. The molecule has 2 unspecified atom stereocenters. The zero-order chi connectivity index (χ0) is 11.2. The van der Waals surface area contributed by atoms with Crippen molar-refractivity contribution in [2.45, 2.75) is 52.5 Å². The minimum Gasteiger partial charge on any atom is -0.350 e. The van der Waals surface area contributed by atoms with E-state index in [0.29, 0.717) is 12.3 Å². The molecule has 0 aromatic heterocycles. The monoisotopic (exact) mass is 263 g/mol. The molecule has 1 N–H and O–H groups in total. The van der Waals surface area contributed by atoms with E-state index in [1.165, 1.54) is 0 Å². The minimum absolute atomic E-state index is 0.0927. The van der Waals surface area contributed by atoms with E-state index in [4.69, 9.17) is 0 Å². The highest BCUT2D eigenvalue weighted by atomic mass is 79.9. The Kier molecular flexibility index (Phi) is 6.41. The van der Waals surface area contributed by atoms with Gasteiger partial charge in [0, 0.05) is 17.3 Å². The number of amides is 1. The molecule has 0 fully saturated rings. The molecule has 2 atom stereocenters. The van der Waals surface area contributed by atoms with Crippen LogP contribution < -0.4 is 5.32 Å². The number of carbonyl (C=O) groups is 1. The summed E-state index contributed by atoms with van der Waals surface area (Å²) in [4.78, 5) is 11.6. The van der Waals surface area contributed by atoms with Gasteiger partial charge in [-0.05, 0) is 19.3 Å². The molecule has 0 aromatic rings. The van der Waals surface area contributed by atoms with Crippen molar-refractivity contribution < 1.29 is 4.79 Å². The van der Waals surface area contributed by atoms with Crippen molar-refractivity contribution in [3.05, 3.63) is 0 Å². The maximum Gasteiger partial charge on any atom is 0.220 e. The second-order valence-electron chi connectivity index (χ2n) is 4.31. The Morgan fingerprint density at radius 1 is 1.50 bits per heavy atom. The van der Waals surface area contributed by atoms with E-state index in [-0.39, 0.29) is 11.4 Å². The number of rotatable bonds is 6. The lowest BCUT2D eigenvalue weighted by Gasteiger charge is -2.27. The Morgan fingerprint density at radius 2 is 2.07 bits per heavy atom. The Labute approximate surface area is 96.0 Å². The van der Waals surface area contributed by atoms with Crippen molar-refractivity contribution in [2.24, 2.45) is 5.92 Å². The van der Waals surface area contributed by atoms with Crippen LogP contribution in [0.15, 0.2) is 0 Å². The Balaban J connectivity index is 4.04. The van der Waals surface area contributed by atoms with E-state index in [9.17, 15) is 4.79 Å². The van der Waals surface area contributed by atoms with Crippen molar-refractivity contribution in [3.63, 3.8) is 0 Å². The summed E-state index contributed by atoms with van der Waals surface area (Å²) >= 11 is 3.43. The van der Waals surface area contributed by atoms with Gasteiger partial charge in [-0.3, -0.25) is 4.79 Å². The Morgan fingerprint density at radius 3 is 2.43 bits per heavy atom. The van der Waals surface area contributed by atoms with Crippen LogP contribution in [-0.4, -0.2) is 16.8 Å². The zero-order valence-electron chi connectivity index (χ0n) is 9.69. The molecule has 0 radical (unpaired) electrons. The number of hydrogen-bond acceptors (Lipinski definition) is 1. The van der Waals surface area contributed by atoms with Crippen LogP contribution in [0, 0.1) is 5.92 Å². The van der Waals surface area contributed by atoms with Crippen LogP contribution in [0.5, 0.6) is 0 Å². The van der Waals surface area contributed by atoms with Crippen LogP contribution in [0.2, 0.25) is 0 Å². The quantitative estimate of drug-likeness (QED) is 0.734. The number of halogens is 1. The van der Waals surface area contributed by atoms with Crippen LogP contribution in [0.4, 0.5) is 0 Å². The molecule has 1 amide bonds. The first-order valence-corrected chi connectivity index (χ1v) is 6.46. The Bertz CT molecular complexity index is 178. The smallest absolute Gasteiger partial charge is 0.220 e. The number of hydrogen-bond donors (Lipinski definition) is 1. The highest BCUT2D eigenvalue weighted by molar-refractivity contribution is 9.09.